The molecule has 3 aliphatic rings. The van der Waals surface area contributed by atoms with E-state index in [2.05, 4.69) is 16.7 Å². The van der Waals surface area contributed by atoms with E-state index in [0.717, 1.165) is 24.8 Å². The van der Waals surface area contributed by atoms with E-state index in [-0.39, 0.29) is 49.5 Å². The van der Waals surface area contributed by atoms with Gasteiger partial charge in [-0.25, -0.2) is 8.78 Å². The molecule has 1 aliphatic heterocycles. The highest BCUT2D eigenvalue weighted by molar-refractivity contribution is 6.00. The molecule has 0 spiro atoms. The summed E-state index contributed by atoms with van der Waals surface area (Å²) in [5.74, 6) is -1.72. The number of nitriles is 1. The smallest absolute Gasteiger partial charge is 0.247 e. The summed E-state index contributed by atoms with van der Waals surface area (Å²) < 4.78 is 27.6. The molecule has 3 N–H and O–H groups in total. The molecule has 0 radical (unpaired) electrons. The highest BCUT2D eigenvalue weighted by atomic mass is 19.1. The number of aliphatic hydroxyl groups is 1. The SMILES string of the molecule is CC1=C(CC(=O)N[C@@H](CO)C2CCC(F)CC2F)C(=O)NC2CCCC(C#N)C12. The largest absolute Gasteiger partial charge is 0.394 e. The van der Waals surface area contributed by atoms with Gasteiger partial charge in [0.05, 0.1) is 31.1 Å². The predicted molar refractivity (Wildman–Crippen MR) is 102 cm³/mol. The summed E-state index contributed by atoms with van der Waals surface area (Å²) in [6.07, 6.45) is -0.0909. The van der Waals surface area contributed by atoms with Gasteiger partial charge in [-0.2, -0.15) is 5.26 Å². The number of nitrogens with zero attached hydrogens (tertiary/aromatic N) is 1. The third-order valence-electron chi connectivity index (χ3n) is 6.79. The van der Waals surface area contributed by atoms with Gasteiger partial charge >= 0.3 is 0 Å². The van der Waals surface area contributed by atoms with Gasteiger partial charge in [-0.1, -0.05) is 12.0 Å². The molecule has 0 saturated heterocycles. The van der Waals surface area contributed by atoms with Crippen LogP contribution >= 0.6 is 0 Å². The summed E-state index contributed by atoms with van der Waals surface area (Å²) in [5, 5.41) is 24.7. The molecule has 2 aliphatic carbocycles. The Hall–Kier alpha value is -2.01. The molecule has 3 rings (SSSR count). The van der Waals surface area contributed by atoms with Gasteiger partial charge in [0.25, 0.3) is 0 Å². The number of aliphatic hydroxyl groups excluding tert-OH is 1. The topological polar surface area (TPSA) is 102 Å². The molecule has 0 aromatic heterocycles. The lowest BCUT2D eigenvalue weighted by Crippen LogP contribution is -2.51. The van der Waals surface area contributed by atoms with Crippen LogP contribution in [0.4, 0.5) is 8.78 Å². The molecule has 2 saturated carbocycles. The molecular formula is C21H29F2N3O3. The summed E-state index contributed by atoms with van der Waals surface area (Å²) in [6, 6.07) is 1.43. The Morgan fingerprint density at radius 3 is 2.76 bits per heavy atom. The lowest BCUT2D eigenvalue weighted by Gasteiger charge is -2.40. The van der Waals surface area contributed by atoms with E-state index in [1.165, 1.54) is 0 Å². The maximum absolute atomic E-state index is 14.2. The van der Waals surface area contributed by atoms with Crippen LogP contribution < -0.4 is 10.6 Å². The van der Waals surface area contributed by atoms with Crippen molar-refractivity contribution in [3.8, 4) is 6.07 Å². The van der Waals surface area contributed by atoms with Gasteiger partial charge in [-0.3, -0.25) is 9.59 Å². The lowest BCUT2D eigenvalue weighted by atomic mass is 9.70. The first-order chi connectivity index (χ1) is 13.8. The molecule has 2 amide bonds. The van der Waals surface area contributed by atoms with Crippen LogP contribution in [-0.4, -0.2) is 48.0 Å². The molecule has 29 heavy (non-hydrogen) atoms. The first-order valence-corrected chi connectivity index (χ1v) is 10.4. The summed E-state index contributed by atoms with van der Waals surface area (Å²) in [7, 11) is 0. The van der Waals surface area contributed by atoms with E-state index in [9.17, 15) is 28.7 Å². The normalized spacial score (nSPS) is 35.9. The summed E-state index contributed by atoms with van der Waals surface area (Å²) >= 11 is 0. The molecule has 7 atom stereocenters. The fraction of sp³-hybridized carbons (Fsp3) is 0.762. The molecule has 2 fully saturated rings. The van der Waals surface area contributed by atoms with Crippen molar-refractivity contribution >= 4 is 11.8 Å². The van der Waals surface area contributed by atoms with Crippen LogP contribution in [0.25, 0.3) is 0 Å². The van der Waals surface area contributed by atoms with Crippen molar-refractivity contribution in [1.29, 1.82) is 5.26 Å². The number of hydrogen-bond donors (Lipinski definition) is 3. The minimum atomic E-state index is -1.42. The first kappa shape index (κ1) is 21.7. The Labute approximate surface area is 169 Å². The van der Waals surface area contributed by atoms with Crippen molar-refractivity contribution in [1.82, 2.24) is 10.6 Å². The fourth-order valence-corrected chi connectivity index (χ4v) is 5.21. The number of hydrogen-bond acceptors (Lipinski definition) is 4. The Morgan fingerprint density at radius 1 is 1.34 bits per heavy atom. The molecule has 0 aromatic carbocycles. The zero-order valence-corrected chi connectivity index (χ0v) is 16.7. The number of fused-ring (bicyclic) bond motifs is 1. The fourth-order valence-electron chi connectivity index (χ4n) is 5.21. The number of rotatable bonds is 5. The van der Waals surface area contributed by atoms with Crippen LogP contribution in [0.1, 0.15) is 51.9 Å². The highest BCUT2D eigenvalue weighted by Crippen LogP contribution is 2.39. The average Bonchev–Trinajstić information content (AvgIpc) is 2.69. The summed E-state index contributed by atoms with van der Waals surface area (Å²) in [4.78, 5) is 25.2. The van der Waals surface area contributed by atoms with Gasteiger partial charge in [0, 0.05) is 29.9 Å². The van der Waals surface area contributed by atoms with Gasteiger partial charge in [-0.15, -0.1) is 0 Å². The maximum Gasteiger partial charge on any atom is 0.247 e. The Balaban J connectivity index is 1.70. The number of carbonyl (C=O) groups excluding carboxylic acids is 2. The van der Waals surface area contributed by atoms with Crippen LogP contribution in [0.2, 0.25) is 0 Å². The highest BCUT2D eigenvalue weighted by Gasteiger charge is 2.41. The van der Waals surface area contributed by atoms with E-state index in [4.69, 9.17) is 0 Å². The Morgan fingerprint density at radius 2 is 2.10 bits per heavy atom. The second-order valence-corrected chi connectivity index (χ2v) is 8.56. The van der Waals surface area contributed by atoms with Crippen molar-refractivity contribution in [3.05, 3.63) is 11.1 Å². The molecule has 6 unspecified atom stereocenters. The number of amides is 2. The molecule has 1 heterocycles. The van der Waals surface area contributed by atoms with Gasteiger partial charge < -0.3 is 15.7 Å². The lowest BCUT2D eigenvalue weighted by molar-refractivity contribution is -0.125. The molecule has 0 bridgehead atoms. The monoisotopic (exact) mass is 409 g/mol. The number of carbonyl (C=O) groups is 2. The van der Waals surface area contributed by atoms with Crippen molar-refractivity contribution in [3.63, 3.8) is 0 Å². The van der Waals surface area contributed by atoms with Crippen molar-refractivity contribution in [2.75, 3.05) is 6.61 Å². The third kappa shape index (κ3) is 4.61. The van der Waals surface area contributed by atoms with E-state index in [1.807, 2.05) is 0 Å². The minimum absolute atomic E-state index is 0.0823. The van der Waals surface area contributed by atoms with E-state index < -0.39 is 36.8 Å². The molecule has 160 valence electrons. The van der Waals surface area contributed by atoms with Crippen molar-refractivity contribution < 1.29 is 23.5 Å². The first-order valence-electron chi connectivity index (χ1n) is 10.4. The average molecular weight is 409 g/mol. The minimum Gasteiger partial charge on any atom is -0.394 e. The zero-order chi connectivity index (χ0) is 21.1. The zero-order valence-electron chi connectivity index (χ0n) is 16.7. The number of nitrogens with one attached hydrogen (secondary N) is 2. The van der Waals surface area contributed by atoms with Gasteiger partial charge in [0.15, 0.2) is 0 Å². The molecule has 0 aromatic rings. The van der Waals surface area contributed by atoms with Gasteiger partial charge in [0.2, 0.25) is 11.8 Å². The summed E-state index contributed by atoms with van der Waals surface area (Å²) in [6.45, 7) is 1.36. The second-order valence-electron chi connectivity index (χ2n) is 8.56. The Kier molecular flexibility index (Phi) is 6.89. The van der Waals surface area contributed by atoms with E-state index in [1.54, 1.807) is 6.92 Å². The third-order valence-corrected chi connectivity index (χ3v) is 6.79. The van der Waals surface area contributed by atoms with Gasteiger partial charge in [0.1, 0.15) is 12.3 Å². The maximum atomic E-state index is 14.2. The second kappa shape index (κ2) is 9.21. The van der Waals surface area contributed by atoms with Crippen LogP contribution in [-0.2, 0) is 9.59 Å². The molecular weight excluding hydrogens is 380 g/mol. The molecule has 8 heteroatoms. The van der Waals surface area contributed by atoms with E-state index in [0.29, 0.717) is 5.57 Å². The van der Waals surface area contributed by atoms with Crippen LogP contribution in [0.3, 0.4) is 0 Å². The number of halogens is 2. The number of alkyl halides is 2. The van der Waals surface area contributed by atoms with Crippen LogP contribution in [0.15, 0.2) is 11.1 Å². The van der Waals surface area contributed by atoms with Crippen LogP contribution in [0.5, 0.6) is 0 Å². The standard InChI is InChI=1S/C21H29F2N3O3/c1-11-15(21(29)26-17-4-2-3-12(9-24)20(11)17)8-19(28)25-18(10-27)14-6-5-13(22)7-16(14)23/h12-14,16-18,20,27H,2-8,10H2,1H3,(H,25,28)(H,26,29)/t12?,13?,14?,16?,17?,18-,20?/m0/s1. The van der Waals surface area contributed by atoms with E-state index >= 15 is 0 Å². The quantitative estimate of drug-likeness (QED) is 0.647. The summed E-state index contributed by atoms with van der Waals surface area (Å²) in [5.41, 5.74) is 1.11. The Bertz CT molecular complexity index is 720. The molecule has 6 nitrogen and oxygen atoms in total. The van der Waals surface area contributed by atoms with Crippen molar-refractivity contribution in [2.45, 2.75) is 76.3 Å². The van der Waals surface area contributed by atoms with Crippen LogP contribution in [0, 0.1) is 29.1 Å². The van der Waals surface area contributed by atoms with Crippen molar-refractivity contribution in [2.24, 2.45) is 17.8 Å². The predicted octanol–water partition coefficient (Wildman–Crippen LogP) is 2.08. The van der Waals surface area contributed by atoms with Gasteiger partial charge in [-0.05, 0) is 32.6 Å².